The highest BCUT2D eigenvalue weighted by molar-refractivity contribution is 7.89. The van der Waals surface area contributed by atoms with Crippen molar-refractivity contribution in [2.24, 2.45) is 5.92 Å². The van der Waals surface area contributed by atoms with Crippen molar-refractivity contribution < 1.29 is 13.5 Å². The van der Waals surface area contributed by atoms with Gasteiger partial charge >= 0.3 is 0 Å². The summed E-state index contributed by atoms with van der Waals surface area (Å²) in [5.74, 6) is 0.0397. The molecular weight excluding hydrogens is 228 g/mol. The summed E-state index contributed by atoms with van der Waals surface area (Å²) in [6, 6.07) is 0. The molecule has 2 fully saturated rings. The molecule has 0 aromatic heterocycles. The van der Waals surface area contributed by atoms with E-state index in [2.05, 4.69) is 5.32 Å². The Kier molecular flexibility index (Phi) is 3.53. The zero-order valence-electron chi connectivity index (χ0n) is 9.59. The number of rotatable bonds is 2. The Morgan fingerprint density at radius 2 is 2.12 bits per heavy atom. The number of nitrogens with one attached hydrogen (secondary N) is 1. The normalized spacial score (nSPS) is 37.8. The first-order valence-electron chi connectivity index (χ1n) is 5.89. The second-order valence-electron chi connectivity index (χ2n) is 4.85. The van der Waals surface area contributed by atoms with Gasteiger partial charge in [-0.05, 0) is 25.3 Å². The lowest BCUT2D eigenvalue weighted by molar-refractivity contribution is 0.0626. The molecule has 2 rings (SSSR count). The van der Waals surface area contributed by atoms with Crippen molar-refractivity contribution in [3.63, 3.8) is 0 Å². The minimum Gasteiger partial charge on any atom is -0.393 e. The molecule has 0 spiro atoms. The second kappa shape index (κ2) is 4.60. The second-order valence-corrected chi connectivity index (χ2v) is 7.06. The Bertz CT molecular complexity index is 338. The van der Waals surface area contributed by atoms with Gasteiger partial charge in [0.1, 0.15) is 0 Å². The molecule has 0 bridgehead atoms. The van der Waals surface area contributed by atoms with Gasteiger partial charge in [0.05, 0.1) is 11.4 Å². The van der Waals surface area contributed by atoms with E-state index in [-0.39, 0.29) is 17.3 Å². The van der Waals surface area contributed by atoms with Gasteiger partial charge in [0.2, 0.25) is 10.0 Å². The van der Waals surface area contributed by atoms with E-state index in [0.29, 0.717) is 32.5 Å². The molecule has 0 amide bonds. The molecule has 0 aromatic rings. The van der Waals surface area contributed by atoms with Crippen LogP contribution in [-0.4, -0.2) is 55.4 Å². The van der Waals surface area contributed by atoms with Crippen LogP contribution in [0.25, 0.3) is 0 Å². The van der Waals surface area contributed by atoms with E-state index in [0.717, 1.165) is 6.54 Å². The van der Waals surface area contributed by atoms with Crippen LogP contribution >= 0.6 is 0 Å². The summed E-state index contributed by atoms with van der Waals surface area (Å²) in [6.07, 6.45) is 0.907. The molecule has 2 saturated heterocycles. The number of aliphatic hydroxyl groups excluding tert-OH is 1. The SMILES string of the molecule is CC1CN(S(=O)(=O)C2CCNC2)CCC1O. The van der Waals surface area contributed by atoms with Crippen molar-refractivity contribution in [2.75, 3.05) is 26.2 Å². The predicted octanol–water partition coefficient (Wildman–Crippen LogP) is -0.619. The van der Waals surface area contributed by atoms with Crippen LogP contribution in [0.5, 0.6) is 0 Å². The van der Waals surface area contributed by atoms with Crippen LogP contribution in [0.2, 0.25) is 0 Å². The maximum absolute atomic E-state index is 12.2. The summed E-state index contributed by atoms with van der Waals surface area (Å²) in [7, 11) is -3.16. The van der Waals surface area contributed by atoms with E-state index < -0.39 is 10.0 Å². The van der Waals surface area contributed by atoms with Gasteiger partial charge in [-0.2, -0.15) is 0 Å². The molecule has 2 aliphatic heterocycles. The lowest BCUT2D eigenvalue weighted by atomic mass is 9.99. The van der Waals surface area contributed by atoms with Crippen molar-refractivity contribution in [2.45, 2.75) is 31.1 Å². The molecular formula is C10H20N2O3S. The van der Waals surface area contributed by atoms with Crippen molar-refractivity contribution in [1.29, 1.82) is 0 Å². The number of hydrogen-bond donors (Lipinski definition) is 2. The number of aliphatic hydroxyl groups is 1. The molecule has 2 N–H and O–H groups in total. The summed E-state index contributed by atoms with van der Waals surface area (Å²) in [5.41, 5.74) is 0. The molecule has 94 valence electrons. The zero-order chi connectivity index (χ0) is 11.8. The van der Waals surface area contributed by atoms with E-state index >= 15 is 0 Å². The fourth-order valence-corrected chi connectivity index (χ4v) is 4.39. The minimum atomic E-state index is -3.16. The van der Waals surface area contributed by atoms with Gasteiger partial charge in [0.15, 0.2) is 0 Å². The van der Waals surface area contributed by atoms with Gasteiger partial charge < -0.3 is 10.4 Å². The smallest absolute Gasteiger partial charge is 0.218 e. The highest BCUT2D eigenvalue weighted by atomic mass is 32.2. The molecule has 2 aliphatic rings. The van der Waals surface area contributed by atoms with Crippen molar-refractivity contribution in [3.8, 4) is 0 Å². The topological polar surface area (TPSA) is 69.6 Å². The summed E-state index contributed by atoms with van der Waals surface area (Å²) in [6.45, 7) is 4.18. The molecule has 0 saturated carbocycles. The first-order chi connectivity index (χ1) is 7.51. The molecule has 6 heteroatoms. The first kappa shape index (κ1) is 12.3. The maximum Gasteiger partial charge on any atom is 0.218 e. The average Bonchev–Trinajstić information content (AvgIpc) is 2.75. The number of hydrogen-bond acceptors (Lipinski definition) is 4. The van der Waals surface area contributed by atoms with Crippen LogP contribution < -0.4 is 5.32 Å². The molecule has 3 unspecified atom stereocenters. The Morgan fingerprint density at radius 3 is 2.69 bits per heavy atom. The van der Waals surface area contributed by atoms with Crippen molar-refractivity contribution in [3.05, 3.63) is 0 Å². The maximum atomic E-state index is 12.2. The summed E-state index contributed by atoms with van der Waals surface area (Å²) >= 11 is 0. The first-order valence-corrected chi connectivity index (χ1v) is 7.40. The summed E-state index contributed by atoms with van der Waals surface area (Å²) in [4.78, 5) is 0. The van der Waals surface area contributed by atoms with Gasteiger partial charge in [-0.25, -0.2) is 12.7 Å². The molecule has 0 radical (unpaired) electrons. The number of sulfonamides is 1. The van der Waals surface area contributed by atoms with Gasteiger partial charge in [-0.1, -0.05) is 6.92 Å². The van der Waals surface area contributed by atoms with Crippen LogP contribution in [0.3, 0.4) is 0 Å². The lowest BCUT2D eigenvalue weighted by Gasteiger charge is -2.34. The van der Waals surface area contributed by atoms with Crippen LogP contribution in [-0.2, 0) is 10.0 Å². The molecule has 3 atom stereocenters. The minimum absolute atomic E-state index is 0.0397. The summed E-state index contributed by atoms with van der Waals surface area (Å²) < 4.78 is 26.0. The third-order valence-corrected chi connectivity index (χ3v) is 5.92. The van der Waals surface area contributed by atoms with Gasteiger partial charge in [-0.3, -0.25) is 0 Å². The molecule has 5 nitrogen and oxygen atoms in total. The largest absolute Gasteiger partial charge is 0.393 e. The predicted molar refractivity (Wildman–Crippen MR) is 61.6 cm³/mol. The molecule has 0 aliphatic carbocycles. The lowest BCUT2D eigenvalue weighted by Crippen LogP contribution is -2.48. The number of piperidine rings is 1. The van der Waals surface area contributed by atoms with Gasteiger partial charge in [0.25, 0.3) is 0 Å². The molecule has 0 aromatic carbocycles. The monoisotopic (exact) mass is 248 g/mol. The van der Waals surface area contributed by atoms with Crippen LogP contribution in [0.1, 0.15) is 19.8 Å². The van der Waals surface area contributed by atoms with Gasteiger partial charge in [-0.15, -0.1) is 0 Å². The zero-order valence-corrected chi connectivity index (χ0v) is 10.4. The van der Waals surface area contributed by atoms with E-state index in [4.69, 9.17) is 0 Å². The summed E-state index contributed by atoms with van der Waals surface area (Å²) in [5, 5.41) is 12.4. The van der Waals surface area contributed by atoms with Crippen molar-refractivity contribution >= 4 is 10.0 Å². The van der Waals surface area contributed by atoms with E-state index in [9.17, 15) is 13.5 Å². The van der Waals surface area contributed by atoms with Gasteiger partial charge in [0, 0.05) is 19.6 Å². The molecule has 2 heterocycles. The van der Waals surface area contributed by atoms with E-state index in [1.54, 1.807) is 4.31 Å². The Balaban J connectivity index is 2.06. The fourth-order valence-electron chi connectivity index (χ4n) is 2.42. The Labute approximate surface area is 96.9 Å². The Morgan fingerprint density at radius 1 is 1.38 bits per heavy atom. The molecule has 16 heavy (non-hydrogen) atoms. The van der Waals surface area contributed by atoms with E-state index in [1.807, 2.05) is 6.92 Å². The van der Waals surface area contributed by atoms with E-state index in [1.165, 1.54) is 0 Å². The quantitative estimate of drug-likeness (QED) is 0.683. The third kappa shape index (κ3) is 2.25. The third-order valence-electron chi connectivity index (χ3n) is 3.62. The highest BCUT2D eigenvalue weighted by Gasteiger charge is 2.37. The van der Waals surface area contributed by atoms with Crippen LogP contribution in [0.15, 0.2) is 0 Å². The fraction of sp³-hybridized carbons (Fsp3) is 1.00. The Hall–Kier alpha value is -0.170. The van der Waals surface area contributed by atoms with Crippen LogP contribution in [0, 0.1) is 5.92 Å². The number of nitrogens with zero attached hydrogens (tertiary/aromatic N) is 1. The van der Waals surface area contributed by atoms with Crippen LogP contribution in [0.4, 0.5) is 0 Å². The standard InChI is InChI=1S/C10H20N2O3S/c1-8-7-12(5-3-10(8)13)16(14,15)9-2-4-11-6-9/h8-11,13H,2-7H2,1H3. The van der Waals surface area contributed by atoms with Crippen molar-refractivity contribution in [1.82, 2.24) is 9.62 Å². The average molecular weight is 248 g/mol. The highest BCUT2D eigenvalue weighted by Crippen LogP contribution is 2.23.